The lowest BCUT2D eigenvalue weighted by Crippen LogP contribution is -2.39. The number of nitrogens with zero attached hydrogens (tertiary/aromatic N) is 1. The molecule has 4 aliphatic rings. The van der Waals surface area contributed by atoms with Crippen molar-refractivity contribution in [3.63, 3.8) is 0 Å². The van der Waals surface area contributed by atoms with Crippen molar-refractivity contribution in [3.05, 3.63) is 42.2 Å². The summed E-state index contributed by atoms with van der Waals surface area (Å²) in [5.74, 6) is 3.16. The molecule has 8 heteroatoms. The zero-order valence-electron chi connectivity index (χ0n) is 18.4. The minimum Gasteiger partial charge on any atom is -0.497 e. The maximum absolute atomic E-state index is 13.0. The SMILES string of the molecule is COc1ccc2c(c1)[C@]1(C[C@H]1C1CCC3C(C1)NNC3Nc1cnccc1OC)C(=O)N2. The van der Waals surface area contributed by atoms with Crippen LogP contribution in [0.1, 0.15) is 31.2 Å². The minimum absolute atomic E-state index is 0.118. The summed E-state index contributed by atoms with van der Waals surface area (Å²) in [4.78, 5) is 17.2. The Morgan fingerprint density at radius 2 is 2.06 bits per heavy atom. The topological polar surface area (TPSA) is 96.5 Å². The molecule has 4 N–H and O–H groups in total. The van der Waals surface area contributed by atoms with E-state index < -0.39 is 0 Å². The summed E-state index contributed by atoms with van der Waals surface area (Å²) in [6.45, 7) is 0. The third-order valence-electron chi connectivity index (χ3n) is 8.05. The van der Waals surface area contributed by atoms with Crippen molar-refractivity contribution in [2.75, 3.05) is 24.9 Å². The first-order valence-electron chi connectivity index (χ1n) is 11.4. The van der Waals surface area contributed by atoms with E-state index in [1.807, 2.05) is 18.2 Å². The highest BCUT2D eigenvalue weighted by Gasteiger charge is 2.67. The minimum atomic E-state index is -0.367. The number of amides is 1. The Balaban J connectivity index is 1.16. The first-order valence-corrected chi connectivity index (χ1v) is 11.4. The Bertz CT molecular complexity index is 1060. The van der Waals surface area contributed by atoms with Crippen LogP contribution < -0.4 is 31.0 Å². The van der Waals surface area contributed by atoms with E-state index in [4.69, 9.17) is 9.47 Å². The van der Waals surface area contributed by atoms with Gasteiger partial charge in [-0.25, -0.2) is 5.43 Å². The molecule has 1 saturated heterocycles. The Hall–Kier alpha value is -2.84. The Kier molecular flexibility index (Phi) is 4.55. The maximum atomic E-state index is 13.0. The third kappa shape index (κ3) is 2.89. The number of anilines is 2. The number of nitrogens with one attached hydrogen (secondary N) is 4. The molecule has 4 unspecified atom stereocenters. The molecule has 1 aromatic heterocycles. The second-order valence-electron chi connectivity index (χ2n) is 9.48. The summed E-state index contributed by atoms with van der Waals surface area (Å²) in [5.41, 5.74) is 9.55. The van der Waals surface area contributed by atoms with E-state index in [2.05, 4.69) is 32.5 Å². The van der Waals surface area contributed by atoms with Crippen molar-refractivity contribution >= 4 is 17.3 Å². The standard InChI is InChI=1S/C24H29N5O3/c1-31-14-4-6-18-16(10-14)24(23(30)27-18)11-17(24)13-3-5-15-19(9-13)28-29-22(15)26-20-12-25-8-7-21(20)32-2/h4,6-8,10,12-13,15,17,19,22,26,28-29H,3,5,9,11H2,1-2H3,(H,27,30)/t13?,15?,17-,19?,22?,24-/m0/s1. The largest absolute Gasteiger partial charge is 0.497 e. The summed E-state index contributed by atoms with van der Waals surface area (Å²) in [7, 11) is 3.35. The Labute approximate surface area is 187 Å². The van der Waals surface area contributed by atoms with Crippen LogP contribution in [0.25, 0.3) is 0 Å². The average Bonchev–Trinajstić information content (AvgIpc) is 3.38. The number of hydrazine groups is 1. The van der Waals surface area contributed by atoms with Gasteiger partial charge < -0.3 is 20.1 Å². The summed E-state index contributed by atoms with van der Waals surface area (Å²) in [6, 6.07) is 8.18. The summed E-state index contributed by atoms with van der Waals surface area (Å²) >= 11 is 0. The van der Waals surface area contributed by atoms with Gasteiger partial charge in [0.15, 0.2) is 0 Å². The van der Waals surface area contributed by atoms with Crippen molar-refractivity contribution in [1.82, 2.24) is 15.8 Å². The normalized spacial score (nSPS) is 34.6. The number of hydrogen-bond donors (Lipinski definition) is 4. The smallest absolute Gasteiger partial charge is 0.235 e. The van der Waals surface area contributed by atoms with Crippen LogP contribution in [0.3, 0.4) is 0 Å². The zero-order valence-corrected chi connectivity index (χ0v) is 18.4. The molecule has 2 aliphatic heterocycles. The predicted octanol–water partition coefficient (Wildman–Crippen LogP) is 2.64. The van der Waals surface area contributed by atoms with E-state index in [1.165, 1.54) is 0 Å². The van der Waals surface area contributed by atoms with Gasteiger partial charge in [-0.15, -0.1) is 0 Å². The molecule has 1 spiro atoms. The molecule has 0 bridgehead atoms. The molecule has 2 saturated carbocycles. The van der Waals surface area contributed by atoms with Gasteiger partial charge in [0.05, 0.1) is 37.7 Å². The average molecular weight is 436 g/mol. The van der Waals surface area contributed by atoms with Crippen LogP contribution in [0.4, 0.5) is 11.4 Å². The summed E-state index contributed by atoms with van der Waals surface area (Å²) in [6.07, 6.45) is 7.89. The van der Waals surface area contributed by atoms with Crippen LogP contribution in [0.2, 0.25) is 0 Å². The summed E-state index contributed by atoms with van der Waals surface area (Å²) in [5, 5.41) is 6.67. The molecule has 3 heterocycles. The van der Waals surface area contributed by atoms with Gasteiger partial charge in [-0.3, -0.25) is 15.2 Å². The van der Waals surface area contributed by atoms with Gasteiger partial charge in [0.1, 0.15) is 11.5 Å². The fourth-order valence-electron chi connectivity index (χ4n) is 6.35. The molecule has 2 aliphatic carbocycles. The van der Waals surface area contributed by atoms with Crippen molar-refractivity contribution in [3.8, 4) is 11.5 Å². The Morgan fingerprint density at radius 1 is 1.16 bits per heavy atom. The molecule has 32 heavy (non-hydrogen) atoms. The van der Waals surface area contributed by atoms with E-state index in [-0.39, 0.29) is 17.5 Å². The first-order chi connectivity index (χ1) is 15.6. The fraction of sp³-hybridized carbons (Fsp3) is 0.500. The molecule has 8 nitrogen and oxygen atoms in total. The van der Waals surface area contributed by atoms with Crippen LogP contribution in [-0.2, 0) is 10.2 Å². The molecular weight excluding hydrogens is 406 g/mol. The number of pyridine rings is 1. The van der Waals surface area contributed by atoms with E-state index in [0.29, 0.717) is 23.8 Å². The number of carbonyl (C=O) groups is 1. The number of rotatable bonds is 5. The lowest BCUT2D eigenvalue weighted by atomic mass is 9.74. The lowest BCUT2D eigenvalue weighted by molar-refractivity contribution is -0.118. The van der Waals surface area contributed by atoms with E-state index in [0.717, 1.165) is 54.1 Å². The maximum Gasteiger partial charge on any atom is 0.235 e. The molecule has 168 valence electrons. The van der Waals surface area contributed by atoms with Gasteiger partial charge in [0.25, 0.3) is 0 Å². The Morgan fingerprint density at radius 3 is 2.91 bits per heavy atom. The number of benzene rings is 1. The van der Waals surface area contributed by atoms with Crippen molar-refractivity contribution in [2.45, 2.75) is 43.3 Å². The summed E-state index contributed by atoms with van der Waals surface area (Å²) < 4.78 is 10.9. The van der Waals surface area contributed by atoms with Crippen molar-refractivity contribution in [1.29, 1.82) is 0 Å². The molecule has 1 aromatic carbocycles. The highest BCUT2D eigenvalue weighted by Crippen LogP contribution is 2.65. The fourth-order valence-corrected chi connectivity index (χ4v) is 6.35. The number of methoxy groups -OCH3 is 2. The second kappa shape index (κ2) is 7.35. The highest BCUT2D eigenvalue weighted by molar-refractivity contribution is 6.09. The third-order valence-corrected chi connectivity index (χ3v) is 8.05. The first kappa shape index (κ1) is 19.8. The van der Waals surface area contributed by atoms with Gasteiger partial charge in [0.2, 0.25) is 5.91 Å². The quantitative estimate of drug-likeness (QED) is 0.573. The lowest BCUT2D eigenvalue weighted by Gasteiger charge is -2.34. The number of aromatic nitrogens is 1. The molecule has 3 fully saturated rings. The number of hydrogen-bond acceptors (Lipinski definition) is 7. The molecular formula is C24H29N5O3. The zero-order chi connectivity index (χ0) is 21.9. The van der Waals surface area contributed by atoms with Gasteiger partial charge >= 0.3 is 0 Å². The molecule has 2 aromatic rings. The number of ether oxygens (including phenoxy) is 2. The van der Waals surface area contributed by atoms with Gasteiger partial charge in [-0.2, -0.15) is 0 Å². The predicted molar refractivity (Wildman–Crippen MR) is 120 cm³/mol. The molecule has 6 atom stereocenters. The van der Waals surface area contributed by atoms with Crippen LogP contribution in [0.5, 0.6) is 11.5 Å². The molecule has 0 radical (unpaired) electrons. The number of fused-ring (bicyclic) bond motifs is 3. The highest BCUT2D eigenvalue weighted by atomic mass is 16.5. The van der Waals surface area contributed by atoms with Gasteiger partial charge in [-0.1, -0.05) is 0 Å². The monoisotopic (exact) mass is 435 g/mol. The van der Waals surface area contributed by atoms with Crippen molar-refractivity contribution in [2.24, 2.45) is 17.8 Å². The van der Waals surface area contributed by atoms with E-state index >= 15 is 0 Å². The van der Waals surface area contributed by atoms with Crippen LogP contribution >= 0.6 is 0 Å². The molecule has 1 amide bonds. The van der Waals surface area contributed by atoms with Crippen LogP contribution in [-0.4, -0.2) is 37.3 Å². The van der Waals surface area contributed by atoms with E-state index in [1.54, 1.807) is 26.6 Å². The second-order valence-corrected chi connectivity index (χ2v) is 9.48. The molecule has 6 rings (SSSR count). The van der Waals surface area contributed by atoms with Crippen LogP contribution in [0.15, 0.2) is 36.7 Å². The van der Waals surface area contributed by atoms with E-state index in [9.17, 15) is 4.79 Å². The number of carbonyl (C=O) groups excluding carboxylic acids is 1. The van der Waals surface area contributed by atoms with Gasteiger partial charge in [0, 0.05) is 29.9 Å². The van der Waals surface area contributed by atoms with Crippen LogP contribution in [0, 0.1) is 17.8 Å². The van der Waals surface area contributed by atoms with Crippen molar-refractivity contribution < 1.29 is 14.3 Å². The van der Waals surface area contributed by atoms with Gasteiger partial charge in [-0.05, 0) is 61.3 Å².